The molecule has 33 heavy (non-hydrogen) atoms. The minimum atomic E-state index is -0.218. The number of aromatic nitrogens is 2. The van der Waals surface area contributed by atoms with E-state index < -0.39 is 0 Å². The van der Waals surface area contributed by atoms with E-state index in [4.69, 9.17) is 0 Å². The van der Waals surface area contributed by atoms with Gasteiger partial charge in [-0.25, -0.2) is 4.98 Å². The molecule has 1 aliphatic rings. The van der Waals surface area contributed by atoms with Crippen LogP contribution in [0.2, 0.25) is 0 Å². The van der Waals surface area contributed by atoms with Gasteiger partial charge in [-0.15, -0.1) is 22.7 Å². The number of anilines is 1. The minimum Gasteiger partial charge on any atom is -0.316 e. The van der Waals surface area contributed by atoms with E-state index in [2.05, 4.69) is 21.4 Å². The van der Waals surface area contributed by atoms with Crippen molar-refractivity contribution in [3.05, 3.63) is 61.6 Å². The maximum Gasteiger partial charge on any atom is 0.260 e. The second-order valence-corrected chi connectivity index (χ2v) is 10.9. The number of aromatic amines is 1. The van der Waals surface area contributed by atoms with Crippen molar-refractivity contribution in [3.63, 3.8) is 0 Å². The molecule has 1 aromatic carbocycles. The molecule has 0 aliphatic heterocycles. The van der Waals surface area contributed by atoms with Gasteiger partial charge in [0.15, 0.2) is 5.16 Å². The molecule has 5 rings (SSSR count). The Morgan fingerprint density at radius 1 is 1.27 bits per heavy atom. The molecule has 0 fully saturated rings. The van der Waals surface area contributed by atoms with Crippen molar-refractivity contribution in [1.29, 1.82) is 5.26 Å². The molecule has 0 bridgehead atoms. The molecule has 1 amide bonds. The van der Waals surface area contributed by atoms with Gasteiger partial charge in [0.1, 0.15) is 15.9 Å². The first kappa shape index (κ1) is 21.9. The summed E-state index contributed by atoms with van der Waals surface area (Å²) in [4.78, 5) is 34.6. The van der Waals surface area contributed by atoms with Crippen molar-refractivity contribution in [1.82, 2.24) is 9.97 Å². The molecular weight excluding hydrogens is 472 g/mol. The number of benzene rings is 1. The summed E-state index contributed by atoms with van der Waals surface area (Å²) in [7, 11) is 0. The largest absolute Gasteiger partial charge is 0.316 e. The van der Waals surface area contributed by atoms with E-state index in [1.165, 1.54) is 39.3 Å². The molecule has 9 heteroatoms. The predicted octanol–water partition coefficient (Wildman–Crippen LogP) is 5.50. The number of aryl methyl sites for hydroxylation is 2. The Morgan fingerprint density at radius 3 is 2.85 bits per heavy atom. The molecule has 3 aromatic heterocycles. The van der Waals surface area contributed by atoms with Crippen LogP contribution in [0.5, 0.6) is 0 Å². The SMILES string of the molecule is Cc1ccc(-c2csc3nc(SCC(=O)Nc4sc5c(c4C#N)CCCC5)[nH]c(=O)c23)cc1. The van der Waals surface area contributed by atoms with E-state index in [9.17, 15) is 14.9 Å². The standard InChI is InChI=1S/C24H20N4O2S3/c1-13-6-8-14(9-7-13)17-11-31-23-20(17)21(30)27-24(28-23)32-12-19(29)26-22-16(10-25)15-4-2-3-5-18(15)33-22/h6-9,11H,2-5,12H2,1H3,(H,26,29)(H,27,28,30). The summed E-state index contributed by atoms with van der Waals surface area (Å²) in [5, 5.41) is 16.0. The van der Waals surface area contributed by atoms with Gasteiger partial charge in [-0.05, 0) is 43.7 Å². The third kappa shape index (κ3) is 4.34. The smallest absolute Gasteiger partial charge is 0.260 e. The lowest BCUT2D eigenvalue weighted by Gasteiger charge is -2.09. The van der Waals surface area contributed by atoms with E-state index >= 15 is 0 Å². The first-order valence-electron chi connectivity index (χ1n) is 10.6. The molecule has 0 saturated heterocycles. The lowest BCUT2D eigenvalue weighted by atomic mass is 9.96. The third-order valence-electron chi connectivity index (χ3n) is 5.66. The number of thiophene rings is 2. The molecule has 0 atom stereocenters. The average molecular weight is 493 g/mol. The molecule has 6 nitrogen and oxygen atoms in total. The fourth-order valence-corrected chi connectivity index (χ4v) is 6.93. The summed E-state index contributed by atoms with van der Waals surface area (Å²) in [6.07, 6.45) is 4.07. The topological polar surface area (TPSA) is 98.6 Å². The van der Waals surface area contributed by atoms with E-state index in [1.54, 1.807) is 0 Å². The van der Waals surface area contributed by atoms with E-state index in [0.29, 0.717) is 25.9 Å². The van der Waals surface area contributed by atoms with Crippen molar-refractivity contribution < 1.29 is 4.79 Å². The van der Waals surface area contributed by atoms with Gasteiger partial charge < -0.3 is 10.3 Å². The van der Waals surface area contributed by atoms with Gasteiger partial charge >= 0.3 is 0 Å². The average Bonchev–Trinajstić information content (AvgIpc) is 3.39. The summed E-state index contributed by atoms with van der Waals surface area (Å²) in [6, 6.07) is 10.3. The van der Waals surface area contributed by atoms with Crippen LogP contribution in [0.25, 0.3) is 21.3 Å². The highest BCUT2D eigenvalue weighted by atomic mass is 32.2. The maximum atomic E-state index is 12.8. The normalized spacial score (nSPS) is 13.0. The van der Waals surface area contributed by atoms with E-state index in [1.807, 2.05) is 36.6 Å². The molecule has 4 aromatic rings. The van der Waals surface area contributed by atoms with E-state index in [-0.39, 0.29) is 17.2 Å². The first-order chi connectivity index (χ1) is 16.0. The fourth-order valence-electron chi connectivity index (χ4n) is 4.01. The molecule has 0 saturated carbocycles. The molecule has 0 spiro atoms. The number of amides is 1. The lowest BCUT2D eigenvalue weighted by Crippen LogP contribution is -2.15. The van der Waals surface area contributed by atoms with Crippen LogP contribution in [0, 0.1) is 18.3 Å². The van der Waals surface area contributed by atoms with Crippen LogP contribution in [0.3, 0.4) is 0 Å². The zero-order valence-electron chi connectivity index (χ0n) is 17.9. The highest BCUT2D eigenvalue weighted by Crippen LogP contribution is 2.38. The van der Waals surface area contributed by atoms with Gasteiger partial charge in [-0.1, -0.05) is 41.6 Å². The predicted molar refractivity (Wildman–Crippen MR) is 135 cm³/mol. The Morgan fingerprint density at radius 2 is 2.06 bits per heavy atom. The zero-order chi connectivity index (χ0) is 22.9. The molecule has 0 unspecified atom stereocenters. The Hall–Kier alpha value is -2.93. The second kappa shape index (κ2) is 9.14. The monoisotopic (exact) mass is 492 g/mol. The highest BCUT2D eigenvalue weighted by Gasteiger charge is 2.22. The number of fused-ring (bicyclic) bond motifs is 2. The molecule has 3 heterocycles. The van der Waals surface area contributed by atoms with Gasteiger partial charge in [0.2, 0.25) is 5.91 Å². The summed E-state index contributed by atoms with van der Waals surface area (Å²) >= 11 is 4.11. The van der Waals surface area contributed by atoms with Gasteiger partial charge in [0.05, 0.1) is 16.7 Å². The summed E-state index contributed by atoms with van der Waals surface area (Å²) in [6.45, 7) is 2.03. The molecule has 0 radical (unpaired) electrons. The first-order valence-corrected chi connectivity index (χ1v) is 13.3. The third-order valence-corrected chi connectivity index (χ3v) is 8.61. The van der Waals surface area contributed by atoms with Crippen LogP contribution < -0.4 is 10.9 Å². The van der Waals surface area contributed by atoms with Crippen LogP contribution in [0.15, 0.2) is 39.6 Å². The van der Waals surface area contributed by atoms with Crippen LogP contribution in [0.4, 0.5) is 5.00 Å². The summed E-state index contributed by atoms with van der Waals surface area (Å²) in [5.41, 5.74) is 4.48. The number of rotatable bonds is 5. The van der Waals surface area contributed by atoms with Crippen LogP contribution in [0.1, 0.15) is 34.4 Å². The number of carbonyl (C=O) groups is 1. The number of carbonyl (C=O) groups excluding carboxylic acids is 1. The van der Waals surface area contributed by atoms with E-state index in [0.717, 1.165) is 47.9 Å². The Bertz CT molecular complexity index is 1460. The quantitative estimate of drug-likeness (QED) is 0.283. The number of H-pyrrole nitrogens is 1. The number of hydrogen-bond acceptors (Lipinski definition) is 7. The second-order valence-electron chi connectivity index (χ2n) is 7.93. The number of thioether (sulfide) groups is 1. The number of hydrogen-bond donors (Lipinski definition) is 2. The van der Waals surface area contributed by atoms with Crippen LogP contribution in [-0.4, -0.2) is 21.6 Å². The number of nitriles is 1. The number of nitrogens with zero attached hydrogens (tertiary/aromatic N) is 2. The lowest BCUT2D eigenvalue weighted by molar-refractivity contribution is -0.113. The Balaban J connectivity index is 1.32. The van der Waals surface area contributed by atoms with Crippen LogP contribution in [-0.2, 0) is 17.6 Å². The van der Waals surface area contributed by atoms with Crippen molar-refractivity contribution in [2.45, 2.75) is 37.8 Å². The molecule has 166 valence electrons. The summed E-state index contributed by atoms with van der Waals surface area (Å²) in [5.74, 6) is -0.123. The van der Waals surface area contributed by atoms with Gasteiger partial charge in [-0.3, -0.25) is 9.59 Å². The molecular formula is C24H20N4O2S3. The van der Waals surface area contributed by atoms with Crippen molar-refractivity contribution in [3.8, 4) is 17.2 Å². The maximum absolute atomic E-state index is 12.8. The van der Waals surface area contributed by atoms with Crippen molar-refractivity contribution >= 4 is 55.6 Å². The number of nitrogens with one attached hydrogen (secondary N) is 2. The highest BCUT2D eigenvalue weighted by molar-refractivity contribution is 7.99. The minimum absolute atomic E-state index is 0.0953. The Labute approximate surface area is 202 Å². The Kier molecular flexibility index (Phi) is 6.06. The summed E-state index contributed by atoms with van der Waals surface area (Å²) < 4.78 is 0. The fraction of sp³-hybridized carbons (Fsp3) is 0.250. The van der Waals surface area contributed by atoms with Gasteiger partial charge in [-0.2, -0.15) is 5.26 Å². The van der Waals surface area contributed by atoms with Gasteiger partial charge in [0.25, 0.3) is 5.56 Å². The van der Waals surface area contributed by atoms with Crippen molar-refractivity contribution in [2.75, 3.05) is 11.1 Å². The van der Waals surface area contributed by atoms with Crippen LogP contribution >= 0.6 is 34.4 Å². The van der Waals surface area contributed by atoms with Gasteiger partial charge in [0, 0.05) is 15.8 Å². The molecule has 1 aliphatic carbocycles. The zero-order valence-corrected chi connectivity index (χ0v) is 20.3. The van der Waals surface area contributed by atoms with Crippen molar-refractivity contribution in [2.24, 2.45) is 0 Å². The molecule has 2 N–H and O–H groups in total.